The molecule has 0 bridgehead atoms. The summed E-state index contributed by atoms with van der Waals surface area (Å²) in [6.45, 7) is 5.58. The van der Waals surface area contributed by atoms with Crippen molar-refractivity contribution in [1.82, 2.24) is 5.32 Å². The van der Waals surface area contributed by atoms with Gasteiger partial charge < -0.3 is 5.32 Å². The number of hydrogen-bond acceptors (Lipinski definition) is 2. The van der Waals surface area contributed by atoms with Gasteiger partial charge in [-0.2, -0.15) is 11.8 Å². The average molecular weight is 189 g/mol. The van der Waals surface area contributed by atoms with E-state index in [0.717, 1.165) is 18.0 Å². The van der Waals surface area contributed by atoms with E-state index in [2.05, 4.69) is 19.2 Å². The van der Waals surface area contributed by atoms with Crippen molar-refractivity contribution in [3.8, 4) is 0 Å². The minimum absolute atomic E-state index is 0.389. The highest BCUT2D eigenvalue weighted by atomic mass is 32.2. The summed E-state index contributed by atoms with van der Waals surface area (Å²) in [5.74, 6) is 1.18. The lowest BCUT2D eigenvalue weighted by Gasteiger charge is -2.24. The molecule has 0 aromatic rings. The van der Waals surface area contributed by atoms with E-state index in [9.17, 15) is 0 Å². The second-order valence-corrected chi connectivity index (χ2v) is 5.35. The Hall–Kier alpha value is 0.240. The average Bonchev–Trinajstić information content (AvgIpc) is 2.13. The molecule has 0 amide bonds. The van der Waals surface area contributed by atoms with E-state index in [4.69, 9.17) is 12.2 Å². The van der Waals surface area contributed by atoms with Crippen molar-refractivity contribution in [2.24, 2.45) is 0 Å². The van der Waals surface area contributed by atoms with Gasteiger partial charge in [0.25, 0.3) is 0 Å². The monoisotopic (exact) mass is 189 g/mol. The maximum atomic E-state index is 5.18. The number of thioether (sulfide) groups is 1. The van der Waals surface area contributed by atoms with Crippen LogP contribution in [0.2, 0.25) is 0 Å². The lowest BCUT2D eigenvalue weighted by atomic mass is 10.0. The highest BCUT2D eigenvalue weighted by Gasteiger charge is 2.26. The van der Waals surface area contributed by atoms with Crippen LogP contribution < -0.4 is 5.32 Å². The van der Waals surface area contributed by atoms with Gasteiger partial charge in [0.15, 0.2) is 0 Å². The van der Waals surface area contributed by atoms with E-state index in [1.165, 1.54) is 12.2 Å². The Balaban J connectivity index is 2.58. The van der Waals surface area contributed by atoms with Crippen molar-refractivity contribution in [3.05, 3.63) is 0 Å². The first-order valence-corrected chi connectivity index (χ1v) is 5.46. The Morgan fingerprint density at radius 1 is 1.73 bits per heavy atom. The van der Waals surface area contributed by atoms with Crippen LogP contribution in [0.1, 0.15) is 26.7 Å². The van der Waals surface area contributed by atoms with E-state index >= 15 is 0 Å². The highest BCUT2D eigenvalue weighted by Crippen LogP contribution is 2.33. The van der Waals surface area contributed by atoms with Crippen molar-refractivity contribution in [2.45, 2.75) is 31.4 Å². The van der Waals surface area contributed by atoms with Gasteiger partial charge in [-0.1, -0.05) is 26.1 Å². The summed E-state index contributed by atoms with van der Waals surface area (Å²) in [6, 6.07) is 0. The minimum atomic E-state index is 0.389. The Labute approximate surface area is 78.3 Å². The van der Waals surface area contributed by atoms with Gasteiger partial charge in [0.1, 0.15) is 0 Å². The molecule has 1 unspecified atom stereocenters. The van der Waals surface area contributed by atoms with Crippen LogP contribution >= 0.6 is 24.0 Å². The van der Waals surface area contributed by atoms with Gasteiger partial charge in [-0.15, -0.1) is 0 Å². The highest BCUT2D eigenvalue weighted by molar-refractivity contribution is 8.00. The zero-order valence-corrected chi connectivity index (χ0v) is 8.78. The molecule has 0 aromatic carbocycles. The molecule has 1 aliphatic rings. The van der Waals surface area contributed by atoms with Crippen molar-refractivity contribution in [1.29, 1.82) is 0 Å². The zero-order valence-electron chi connectivity index (χ0n) is 7.14. The summed E-state index contributed by atoms with van der Waals surface area (Å²) in [5.41, 5.74) is 0. The molecule has 0 aliphatic carbocycles. The number of hydrogen-bond donors (Lipinski definition) is 1. The van der Waals surface area contributed by atoms with Crippen molar-refractivity contribution < 1.29 is 0 Å². The van der Waals surface area contributed by atoms with Crippen molar-refractivity contribution in [2.75, 3.05) is 12.3 Å². The normalized spacial score (nSPS) is 32.7. The van der Waals surface area contributed by atoms with Gasteiger partial charge in [-0.05, 0) is 6.42 Å². The molecule has 1 nitrogen and oxygen atoms in total. The summed E-state index contributed by atoms with van der Waals surface area (Å²) < 4.78 is 0.389. The van der Waals surface area contributed by atoms with Gasteiger partial charge in [0, 0.05) is 23.5 Å². The molecule has 0 aromatic heterocycles. The molecule has 11 heavy (non-hydrogen) atoms. The van der Waals surface area contributed by atoms with Crippen LogP contribution in [0.25, 0.3) is 0 Å². The summed E-state index contributed by atoms with van der Waals surface area (Å²) in [4.78, 5) is 1.04. The predicted octanol–water partition coefficient (Wildman–Crippen LogP) is 2.21. The molecule has 1 atom stereocenters. The summed E-state index contributed by atoms with van der Waals surface area (Å²) in [7, 11) is 0. The van der Waals surface area contributed by atoms with Crippen LogP contribution in [0.4, 0.5) is 0 Å². The molecule has 64 valence electrons. The van der Waals surface area contributed by atoms with Crippen LogP contribution in [0.5, 0.6) is 0 Å². The van der Waals surface area contributed by atoms with Crippen molar-refractivity contribution >= 4 is 29.0 Å². The lowest BCUT2D eigenvalue weighted by molar-refractivity contribution is 0.647. The molecular formula is C8H15NS2. The molecule has 1 N–H and O–H groups in total. The SMILES string of the molecule is CCC1(C)CC(=S)NCCS1. The molecule has 3 heteroatoms. The topological polar surface area (TPSA) is 12.0 Å². The van der Waals surface area contributed by atoms with Gasteiger partial charge in [-0.3, -0.25) is 0 Å². The molecule has 1 rings (SSSR count). The predicted molar refractivity (Wildman–Crippen MR) is 56.4 cm³/mol. The van der Waals surface area contributed by atoms with E-state index in [-0.39, 0.29) is 0 Å². The molecule has 0 radical (unpaired) electrons. The van der Waals surface area contributed by atoms with Crippen LogP contribution in [0, 0.1) is 0 Å². The van der Waals surface area contributed by atoms with Gasteiger partial charge in [0.2, 0.25) is 0 Å². The maximum Gasteiger partial charge on any atom is 0.0767 e. The third kappa shape index (κ3) is 2.64. The summed E-state index contributed by atoms with van der Waals surface area (Å²) in [6.07, 6.45) is 2.25. The fourth-order valence-electron chi connectivity index (χ4n) is 1.17. The third-order valence-corrected chi connectivity index (χ3v) is 3.98. The summed E-state index contributed by atoms with van der Waals surface area (Å²) >= 11 is 7.22. The molecule has 1 heterocycles. The third-order valence-electron chi connectivity index (χ3n) is 2.16. The largest absolute Gasteiger partial charge is 0.379 e. The minimum Gasteiger partial charge on any atom is -0.379 e. The van der Waals surface area contributed by atoms with Crippen LogP contribution in [0.15, 0.2) is 0 Å². The first-order chi connectivity index (χ1) is 5.16. The fourth-order valence-corrected chi connectivity index (χ4v) is 2.83. The quantitative estimate of drug-likeness (QED) is 0.635. The van der Waals surface area contributed by atoms with Crippen LogP contribution in [-0.4, -0.2) is 22.0 Å². The van der Waals surface area contributed by atoms with Crippen molar-refractivity contribution in [3.63, 3.8) is 0 Å². The molecule has 0 spiro atoms. The standard InChI is InChI=1S/C8H15NS2/c1-3-8(2)6-7(10)9-4-5-11-8/h3-6H2,1-2H3,(H,9,10). The van der Waals surface area contributed by atoms with E-state index in [0.29, 0.717) is 4.75 Å². The number of nitrogens with one attached hydrogen (secondary N) is 1. The van der Waals surface area contributed by atoms with E-state index in [1.54, 1.807) is 0 Å². The Morgan fingerprint density at radius 2 is 2.45 bits per heavy atom. The Morgan fingerprint density at radius 3 is 3.09 bits per heavy atom. The van der Waals surface area contributed by atoms with Gasteiger partial charge in [-0.25, -0.2) is 0 Å². The lowest BCUT2D eigenvalue weighted by Crippen LogP contribution is -2.26. The molecule has 0 saturated carbocycles. The Kier molecular flexibility index (Phi) is 3.19. The molecule has 1 fully saturated rings. The zero-order chi connectivity index (χ0) is 8.32. The number of thiocarbonyl (C=S) groups is 1. The Bertz CT molecular complexity index is 158. The van der Waals surface area contributed by atoms with Crippen LogP contribution in [0.3, 0.4) is 0 Å². The van der Waals surface area contributed by atoms with Gasteiger partial charge >= 0.3 is 0 Å². The summed E-state index contributed by atoms with van der Waals surface area (Å²) in [5, 5.41) is 3.24. The van der Waals surface area contributed by atoms with Gasteiger partial charge in [0.05, 0.1) is 4.99 Å². The first kappa shape index (κ1) is 9.33. The molecule has 1 saturated heterocycles. The fraction of sp³-hybridized carbons (Fsp3) is 0.875. The van der Waals surface area contributed by atoms with E-state index in [1.807, 2.05) is 11.8 Å². The van der Waals surface area contributed by atoms with Crippen LogP contribution in [-0.2, 0) is 0 Å². The molecule has 1 aliphatic heterocycles. The smallest absolute Gasteiger partial charge is 0.0767 e. The maximum absolute atomic E-state index is 5.18. The van der Waals surface area contributed by atoms with E-state index < -0.39 is 0 Å². The second-order valence-electron chi connectivity index (χ2n) is 3.18. The molecular weight excluding hydrogens is 174 g/mol. The second kappa shape index (κ2) is 3.76. The number of rotatable bonds is 1. The first-order valence-electron chi connectivity index (χ1n) is 4.07.